The molecule has 4 aromatic rings. The SMILES string of the molecule is CCCc1nn(-c2ccccc2)c(=O)c2cnc(Nc3ccc(N4CCN(C)CC4)cc3)nc12. The number of rotatable bonds is 6. The number of benzene rings is 2. The van der Waals surface area contributed by atoms with Crippen LogP contribution in [0.1, 0.15) is 19.0 Å². The van der Waals surface area contributed by atoms with Gasteiger partial charge in [-0.2, -0.15) is 9.78 Å². The molecule has 1 fully saturated rings. The highest BCUT2D eigenvalue weighted by molar-refractivity contribution is 5.80. The molecule has 174 valence electrons. The van der Waals surface area contributed by atoms with Crippen LogP contribution >= 0.6 is 0 Å². The summed E-state index contributed by atoms with van der Waals surface area (Å²) in [5, 5.41) is 8.41. The van der Waals surface area contributed by atoms with Crippen molar-refractivity contribution in [3.8, 4) is 5.69 Å². The molecule has 8 nitrogen and oxygen atoms in total. The Balaban J connectivity index is 1.43. The van der Waals surface area contributed by atoms with Gasteiger partial charge >= 0.3 is 0 Å². The molecule has 34 heavy (non-hydrogen) atoms. The Bertz CT molecular complexity index is 1330. The van der Waals surface area contributed by atoms with Gasteiger partial charge in [-0.05, 0) is 49.9 Å². The lowest BCUT2D eigenvalue weighted by atomic mass is 10.2. The number of anilines is 3. The summed E-state index contributed by atoms with van der Waals surface area (Å²) < 4.78 is 1.45. The van der Waals surface area contributed by atoms with E-state index in [1.165, 1.54) is 10.4 Å². The first-order valence-corrected chi connectivity index (χ1v) is 11.8. The fourth-order valence-corrected chi connectivity index (χ4v) is 4.24. The Kier molecular flexibility index (Phi) is 6.22. The maximum absolute atomic E-state index is 13.2. The van der Waals surface area contributed by atoms with Crippen molar-refractivity contribution in [2.24, 2.45) is 0 Å². The molecule has 0 spiro atoms. The molecule has 2 aromatic heterocycles. The average Bonchev–Trinajstić information content (AvgIpc) is 2.87. The molecule has 3 heterocycles. The van der Waals surface area contributed by atoms with Crippen molar-refractivity contribution < 1.29 is 0 Å². The van der Waals surface area contributed by atoms with Crippen LogP contribution in [-0.2, 0) is 6.42 Å². The van der Waals surface area contributed by atoms with E-state index in [1.54, 1.807) is 6.20 Å². The second-order valence-corrected chi connectivity index (χ2v) is 8.67. The highest BCUT2D eigenvalue weighted by Gasteiger charge is 2.16. The Morgan fingerprint density at radius 2 is 1.68 bits per heavy atom. The minimum atomic E-state index is -0.218. The van der Waals surface area contributed by atoms with Crippen molar-refractivity contribution in [2.45, 2.75) is 19.8 Å². The third-order valence-electron chi connectivity index (χ3n) is 6.19. The number of nitrogens with zero attached hydrogens (tertiary/aromatic N) is 6. The van der Waals surface area contributed by atoms with E-state index in [2.05, 4.69) is 51.3 Å². The topological polar surface area (TPSA) is 79.2 Å². The summed E-state index contributed by atoms with van der Waals surface area (Å²) in [6.07, 6.45) is 3.22. The molecule has 0 saturated carbocycles. The standard InChI is InChI=1S/C26H29N7O/c1-3-7-23-24-22(25(34)33(30-23)21-8-5-4-6-9-21)18-27-26(29-24)28-19-10-12-20(13-11-19)32-16-14-31(2)15-17-32/h4-6,8-13,18H,3,7,14-17H2,1-2H3,(H,27,28,29). The zero-order valence-corrected chi connectivity index (χ0v) is 19.6. The van der Waals surface area contributed by atoms with Crippen LogP contribution in [-0.4, -0.2) is 57.9 Å². The van der Waals surface area contributed by atoms with Gasteiger partial charge in [-0.1, -0.05) is 31.5 Å². The van der Waals surface area contributed by atoms with Gasteiger partial charge in [0.15, 0.2) is 0 Å². The Hall–Kier alpha value is -3.78. The van der Waals surface area contributed by atoms with E-state index in [0.29, 0.717) is 16.9 Å². The first kappa shape index (κ1) is 22.0. The van der Waals surface area contributed by atoms with Crippen molar-refractivity contribution in [1.82, 2.24) is 24.6 Å². The van der Waals surface area contributed by atoms with Gasteiger partial charge in [-0.3, -0.25) is 4.79 Å². The van der Waals surface area contributed by atoms with E-state index in [0.717, 1.165) is 56.1 Å². The Labute approximate surface area is 198 Å². The van der Waals surface area contributed by atoms with Gasteiger partial charge in [0, 0.05) is 43.8 Å². The van der Waals surface area contributed by atoms with Crippen molar-refractivity contribution >= 4 is 28.2 Å². The van der Waals surface area contributed by atoms with Crippen LogP contribution < -0.4 is 15.8 Å². The lowest BCUT2D eigenvalue weighted by Gasteiger charge is -2.34. The first-order valence-electron chi connectivity index (χ1n) is 11.8. The fraction of sp³-hybridized carbons (Fsp3) is 0.308. The van der Waals surface area contributed by atoms with Crippen molar-refractivity contribution in [3.05, 3.63) is 76.8 Å². The predicted molar refractivity (Wildman–Crippen MR) is 136 cm³/mol. The second kappa shape index (κ2) is 9.61. The summed E-state index contributed by atoms with van der Waals surface area (Å²) in [5.74, 6) is 0.455. The van der Waals surface area contributed by atoms with Gasteiger partial charge in [0.25, 0.3) is 5.56 Å². The zero-order valence-electron chi connectivity index (χ0n) is 19.6. The summed E-state index contributed by atoms with van der Waals surface area (Å²) in [5.41, 5.74) is 4.02. The van der Waals surface area contributed by atoms with Crippen LogP contribution in [0.25, 0.3) is 16.6 Å². The van der Waals surface area contributed by atoms with Gasteiger partial charge in [0.1, 0.15) is 5.52 Å². The molecule has 1 aliphatic heterocycles. The van der Waals surface area contributed by atoms with Crippen molar-refractivity contribution in [3.63, 3.8) is 0 Å². The largest absolute Gasteiger partial charge is 0.369 e. The molecule has 5 rings (SSSR count). The molecule has 1 N–H and O–H groups in total. The summed E-state index contributed by atoms with van der Waals surface area (Å²) >= 11 is 0. The van der Waals surface area contributed by atoms with E-state index in [1.807, 2.05) is 42.5 Å². The van der Waals surface area contributed by atoms with Gasteiger partial charge < -0.3 is 15.1 Å². The monoisotopic (exact) mass is 455 g/mol. The number of hydrogen-bond donors (Lipinski definition) is 1. The number of aryl methyl sites for hydroxylation is 1. The predicted octanol–water partition coefficient (Wildman–Crippen LogP) is 3.62. The van der Waals surface area contributed by atoms with E-state index in [4.69, 9.17) is 4.98 Å². The Morgan fingerprint density at radius 3 is 2.38 bits per heavy atom. The quantitative estimate of drug-likeness (QED) is 0.476. The summed E-state index contributed by atoms with van der Waals surface area (Å²) in [6.45, 7) is 6.30. The minimum Gasteiger partial charge on any atom is -0.369 e. The zero-order chi connectivity index (χ0) is 23.5. The molecule has 0 amide bonds. The Morgan fingerprint density at radius 1 is 0.941 bits per heavy atom. The number of nitrogens with one attached hydrogen (secondary N) is 1. The van der Waals surface area contributed by atoms with Crippen molar-refractivity contribution in [1.29, 1.82) is 0 Å². The maximum Gasteiger partial charge on any atom is 0.282 e. The number of para-hydroxylation sites is 1. The van der Waals surface area contributed by atoms with Crippen LogP contribution in [0, 0.1) is 0 Å². The third-order valence-corrected chi connectivity index (χ3v) is 6.19. The van der Waals surface area contributed by atoms with E-state index in [9.17, 15) is 4.79 Å². The molecule has 0 radical (unpaired) electrons. The first-order chi connectivity index (χ1) is 16.6. The minimum absolute atomic E-state index is 0.218. The number of hydrogen-bond acceptors (Lipinski definition) is 7. The van der Waals surface area contributed by atoms with Crippen LogP contribution in [0.5, 0.6) is 0 Å². The number of fused-ring (bicyclic) bond motifs is 1. The van der Waals surface area contributed by atoms with E-state index >= 15 is 0 Å². The molecule has 0 aliphatic carbocycles. The van der Waals surface area contributed by atoms with E-state index in [-0.39, 0.29) is 5.56 Å². The smallest absolute Gasteiger partial charge is 0.282 e. The molecule has 8 heteroatoms. The highest BCUT2D eigenvalue weighted by Crippen LogP contribution is 2.22. The molecule has 0 unspecified atom stereocenters. The maximum atomic E-state index is 13.2. The molecule has 1 aliphatic rings. The molecule has 2 aromatic carbocycles. The fourth-order valence-electron chi connectivity index (χ4n) is 4.24. The average molecular weight is 456 g/mol. The summed E-state index contributed by atoms with van der Waals surface area (Å²) in [4.78, 5) is 27.0. The molecular formula is C26H29N7O. The molecule has 1 saturated heterocycles. The van der Waals surface area contributed by atoms with Crippen LogP contribution in [0.2, 0.25) is 0 Å². The molecular weight excluding hydrogens is 426 g/mol. The number of aromatic nitrogens is 4. The van der Waals surface area contributed by atoms with Gasteiger partial charge in [-0.15, -0.1) is 0 Å². The third kappa shape index (κ3) is 4.49. The number of piperazine rings is 1. The van der Waals surface area contributed by atoms with Gasteiger partial charge in [0.2, 0.25) is 5.95 Å². The van der Waals surface area contributed by atoms with Crippen molar-refractivity contribution in [2.75, 3.05) is 43.4 Å². The number of likely N-dealkylation sites (N-methyl/N-ethyl adjacent to an activating group) is 1. The van der Waals surface area contributed by atoms with Crippen LogP contribution in [0.3, 0.4) is 0 Å². The van der Waals surface area contributed by atoms with Crippen LogP contribution in [0.15, 0.2) is 65.6 Å². The summed E-state index contributed by atoms with van der Waals surface area (Å²) in [6, 6.07) is 17.8. The van der Waals surface area contributed by atoms with Crippen LogP contribution in [0.4, 0.5) is 17.3 Å². The molecule has 0 atom stereocenters. The van der Waals surface area contributed by atoms with Gasteiger partial charge in [0.05, 0.1) is 16.8 Å². The molecule has 0 bridgehead atoms. The normalized spacial score (nSPS) is 14.5. The second-order valence-electron chi connectivity index (χ2n) is 8.67. The lowest BCUT2D eigenvalue weighted by Crippen LogP contribution is -2.44. The summed E-state index contributed by atoms with van der Waals surface area (Å²) in [7, 11) is 2.16. The van der Waals surface area contributed by atoms with Gasteiger partial charge in [-0.25, -0.2) is 9.97 Å². The van der Waals surface area contributed by atoms with E-state index < -0.39 is 0 Å². The highest BCUT2D eigenvalue weighted by atomic mass is 16.1. The lowest BCUT2D eigenvalue weighted by molar-refractivity contribution is 0.313.